The number of carbonyl (C=O) groups is 2. The average molecular weight is 1240 g/mol. The number of benzene rings is 4. The molecule has 0 spiro atoms. The first kappa shape index (κ1) is 71.6. The van der Waals surface area contributed by atoms with Crippen LogP contribution in [0.5, 0.6) is 0 Å². The highest BCUT2D eigenvalue weighted by Crippen LogP contribution is 2.43. The Hall–Kier alpha value is -5.16. The smallest absolute Gasteiger partial charge is 0.256 e. The first-order valence-corrected chi connectivity index (χ1v) is 33.0. The fourth-order valence-corrected chi connectivity index (χ4v) is 15.3. The largest absolute Gasteiger partial charge is 0.394 e. The molecule has 0 saturated carbocycles. The molecule has 0 unspecified atom stereocenters. The van der Waals surface area contributed by atoms with Crippen LogP contribution in [0.3, 0.4) is 0 Å². The first-order chi connectivity index (χ1) is 40.6. The van der Waals surface area contributed by atoms with Crippen molar-refractivity contribution in [1.82, 2.24) is 10.6 Å². The molecule has 0 radical (unpaired) electrons. The van der Waals surface area contributed by atoms with Gasteiger partial charge in [0.1, 0.15) is 36.6 Å². The first-order valence-electron chi connectivity index (χ1n) is 29.7. The molecule has 22 nitrogen and oxygen atoms in total. The molecule has 0 aliphatic carbocycles. The summed E-state index contributed by atoms with van der Waals surface area (Å²) in [4.78, 5) is 29.9. The summed E-state index contributed by atoms with van der Waals surface area (Å²) in [5, 5.41) is 111. The van der Waals surface area contributed by atoms with Gasteiger partial charge in [-0.2, -0.15) is 0 Å². The van der Waals surface area contributed by atoms with E-state index in [-0.39, 0.29) is 32.7 Å². The Balaban J connectivity index is 0.000000314. The van der Waals surface area contributed by atoms with Crippen molar-refractivity contribution in [2.45, 2.75) is 187 Å². The van der Waals surface area contributed by atoms with Crippen LogP contribution in [0.2, 0.25) is 0 Å². The minimum atomic E-state index is -3.67. The number of amides is 2. The quantitative estimate of drug-likeness (QED) is 0.0387. The molecular formula is C62H94N6O16S2. The zero-order chi connectivity index (χ0) is 63.9. The molecule has 24 heteroatoms. The molecule has 4 aromatic rings. The van der Waals surface area contributed by atoms with E-state index < -0.39 is 117 Å². The molecule has 2 aliphatic rings. The molecule has 0 bridgehead atoms. The zero-order valence-electron chi connectivity index (χ0n) is 50.8. The van der Waals surface area contributed by atoms with Gasteiger partial charge >= 0.3 is 0 Å². The second kappa shape index (κ2) is 31.8. The number of unbranched alkanes of at least 4 members (excludes halogenated alkanes) is 4. The summed E-state index contributed by atoms with van der Waals surface area (Å²) in [6.07, 6.45) is -5.90. The van der Waals surface area contributed by atoms with Crippen LogP contribution in [0.1, 0.15) is 139 Å². The van der Waals surface area contributed by atoms with E-state index in [1.807, 2.05) is 62.3 Å². The van der Waals surface area contributed by atoms with Crippen LogP contribution >= 0.6 is 0 Å². The van der Waals surface area contributed by atoms with Crippen LogP contribution < -0.4 is 31.1 Å². The summed E-state index contributed by atoms with van der Waals surface area (Å²) in [6, 6.07) is 23.2. The van der Waals surface area contributed by atoms with Gasteiger partial charge in [0, 0.05) is 62.0 Å². The lowest BCUT2D eigenvalue weighted by Crippen LogP contribution is -2.50. The number of aliphatic hydroxyl groups excluding tert-OH is 10. The number of hydrogen-bond donors (Lipinski definition) is 14. The van der Waals surface area contributed by atoms with E-state index in [0.717, 1.165) is 62.7 Å². The maximum absolute atomic E-state index is 14.0. The molecule has 2 heterocycles. The van der Waals surface area contributed by atoms with Crippen molar-refractivity contribution < 1.29 is 77.5 Å². The Morgan fingerprint density at radius 3 is 1.13 bits per heavy atom. The topological polar surface area (TPSA) is 359 Å². The monoisotopic (exact) mass is 1240 g/mol. The molecule has 6 rings (SSSR count). The molecule has 0 aromatic heterocycles. The lowest BCUT2D eigenvalue weighted by Gasteiger charge is -2.37. The molecule has 10 atom stereocenters. The number of fused-ring (bicyclic) bond motifs is 2. The third-order valence-corrected chi connectivity index (χ3v) is 20.2. The van der Waals surface area contributed by atoms with E-state index in [1.165, 1.54) is 0 Å². The van der Waals surface area contributed by atoms with Gasteiger partial charge in [-0.25, -0.2) is 16.8 Å². The number of sulfone groups is 2. The highest BCUT2D eigenvalue weighted by Gasteiger charge is 2.45. The van der Waals surface area contributed by atoms with Gasteiger partial charge in [0.2, 0.25) is 0 Å². The zero-order valence-corrected chi connectivity index (χ0v) is 52.4. The summed E-state index contributed by atoms with van der Waals surface area (Å²) in [6.45, 7) is 6.58. The molecule has 0 fully saturated rings. The van der Waals surface area contributed by atoms with Gasteiger partial charge in [-0.1, -0.05) is 103 Å². The minimum Gasteiger partial charge on any atom is -0.394 e. The van der Waals surface area contributed by atoms with E-state index in [1.54, 1.807) is 60.7 Å². The van der Waals surface area contributed by atoms with Crippen LogP contribution in [0, 0.1) is 0 Å². The summed E-state index contributed by atoms with van der Waals surface area (Å²) >= 11 is 0. The van der Waals surface area contributed by atoms with E-state index in [0.29, 0.717) is 47.9 Å². The number of nitrogens with one attached hydrogen (secondary N) is 4. The number of hydrogen-bond acceptors (Lipinski definition) is 20. The van der Waals surface area contributed by atoms with Gasteiger partial charge in [0.05, 0.1) is 46.6 Å². The van der Waals surface area contributed by atoms with Crippen molar-refractivity contribution in [3.05, 3.63) is 107 Å². The fraction of sp³-hybridized carbons (Fsp3) is 0.581. The SMILES string of the molecule is CCCCC1(CCCC)CS(=O)(=O)c2ccc(N(C)C)cc2[C@@H](c2cccc(NC(=O)[C@H](O)[C@@H](O)[C@H](O)[C@H](O)CO)c2)N1.CCCCC1(CCCC)CS(=O)(=O)c2ccc(N(C)C)cc2[C@H](c2cccc(NC(=O)[C@H](O)[C@@H](O)[C@H](O)[C@H](O)CO)c2)N1. The van der Waals surface area contributed by atoms with E-state index in [4.69, 9.17) is 10.2 Å². The molecule has 2 amide bonds. The van der Waals surface area contributed by atoms with E-state index in [2.05, 4.69) is 49.0 Å². The standard InChI is InChI=1S/2C31H47N3O8S/c2*1-5-7-14-31(15-8-6-2)19-43(41,42)25-13-12-22(34(3)4)17-23(25)26(33-31)20-10-9-11-21(16-20)32-30(40)29(39)28(38)27(37)24(36)18-35/h2*9-13,16-17,24,26-29,33,35-39H,5-8,14-15,18-19H2,1-4H3,(H,32,40)/t24-,26+,27-,28+,29-;24-,26-,27-,28+,29-/m11/s1. The van der Waals surface area contributed by atoms with Crippen LogP contribution in [-0.2, 0) is 29.3 Å². The van der Waals surface area contributed by atoms with Gasteiger partial charge < -0.3 is 71.5 Å². The van der Waals surface area contributed by atoms with E-state index in [9.17, 15) is 67.3 Å². The number of nitrogens with zero attached hydrogens (tertiary/aromatic N) is 2. The van der Waals surface area contributed by atoms with Gasteiger partial charge in [0.25, 0.3) is 11.8 Å². The minimum absolute atomic E-state index is 0.0344. The molecule has 480 valence electrons. The van der Waals surface area contributed by atoms with Crippen molar-refractivity contribution in [2.24, 2.45) is 0 Å². The van der Waals surface area contributed by atoms with Crippen LogP contribution in [0.15, 0.2) is 94.7 Å². The van der Waals surface area contributed by atoms with Crippen LogP contribution in [0.25, 0.3) is 0 Å². The Morgan fingerprint density at radius 1 is 0.512 bits per heavy atom. The molecule has 4 aromatic carbocycles. The molecule has 14 N–H and O–H groups in total. The van der Waals surface area contributed by atoms with Gasteiger partial charge in [-0.3, -0.25) is 20.2 Å². The van der Waals surface area contributed by atoms with Crippen LogP contribution in [-0.4, -0.2) is 193 Å². The number of carbonyl (C=O) groups excluding carboxylic acids is 2. The lowest BCUT2D eigenvalue weighted by molar-refractivity contribution is -0.144. The summed E-state index contributed by atoms with van der Waals surface area (Å²) in [7, 11) is 0.191. The summed E-state index contributed by atoms with van der Waals surface area (Å²) < 4.78 is 55.8. The third-order valence-electron chi connectivity index (χ3n) is 16.2. The lowest BCUT2D eigenvalue weighted by atomic mass is 9.86. The molecule has 86 heavy (non-hydrogen) atoms. The average Bonchev–Trinajstić information content (AvgIpc) is 2.78. The van der Waals surface area contributed by atoms with E-state index >= 15 is 0 Å². The van der Waals surface area contributed by atoms with Crippen molar-refractivity contribution in [2.75, 3.05) is 73.3 Å². The third kappa shape index (κ3) is 18.0. The second-order valence-electron chi connectivity index (χ2n) is 23.5. The summed E-state index contributed by atoms with van der Waals surface area (Å²) in [5.74, 6) is -2.12. The van der Waals surface area contributed by atoms with Crippen molar-refractivity contribution in [3.63, 3.8) is 0 Å². The highest BCUT2D eigenvalue weighted by atomic mass is 32.2. The maximum atomic E-state index is 14.0. The maximum Gasteiger partial charge on any atom is 0.256 e. The molecular weight excluding hydrogens is 1150 g/mol. The number of aliphatic hydroxyl groups is 10. The fourth-order valence-electron chi connectivity index (χ4n) is 11.2. The van der Waals surface area contributed by atoms with Gasteiger partial charge in [-0.05, 0) is 109 Å². The van der Waals surface area contributed by atoms with Crippen molar-refractivity contribution in [1.29, 1.82) is 0 Å². The molecule has 0 saturated heterocycles. The normalized spacial score (nSPS) is 20.3. The van der Waals surface area contributed by atoms with Gasteiger partial charge in [0.15, 0.2) is 31.9 Å². The van der Waals surface area contributed by atoms with Crippen LogP contribution in [0.4, 0.5) is 22.7 Å². The Labute approximate surface area is 507 Å². The predicted octanol–water partition coefficient (Wildman–Crippen LogP) is 3.43. The van der Waals surface area contributed by atoms with Crippen molar-refractivity contribution in [3.8, 4) is 0 Å². The highest BCUT2D eigenvalue weighted by molar-refractivity contribution is 7.91. The summed E-state index contributed by atoms with van der Waals surface area (Å²) in [5.41, 5.74) is 3.43. The Kier molecular flexibility index (Phi) is 26.5. The van der Waals surface area contributed by atoms with Gasteiger partial charge in [-0.15, -0.1) is 0 Å². The Bertz CT molecular complexity index is 2860. The second-order valence-corrected chi connectivity index (χ2v) is 27.4. The van der Waals surface area contributed by atoms with Crippen molar-refractivity contribution >= 4 is 54.2 Å². The molecule has 2 aliphatic heterocycles. The number of rotatable bonds is 28. The number of anilines is 4. The predicted molar refractivity (Wildman–Crippen MR) is 332 cm³/mol. The Morgan fingerprint density at radius 2 is 0.837 bits per heavy atom.